The fraction of sp³-hybridized carbons (Fsp3) is 0.231. The summed E-state index contributed by atoms with van der Waals surface area (Å²) < 4.78 is 0. The third-order valence-electron chi connectivity index (χ3n) is 5.92. The topological polar surface area (TPSA) is 74.2 Å². The summed E-state index contributed by atoms with van der Waals surface area (Å²) in [5, 5.41) is 5.29. The lowest BCUT2D eigenvalue weighted by Gasteiger charge is -2.35. The summed E-state index contributed by atoms with van der Waals surface area (Å²) in [7, 11) is 0. The number of nitrogens with zero attached hydrogens (tertiary/aromatic N) is 5. The lowest BCUT2D eigenvalue weighted by atomic mass is 10.1. The molecule has 5 rings (SSSR count). The molecule has 166 valence electrons. The first-order valence-corrected chi connectivity index (χ1v) is 11.1. The zero-order valence-corrected chi connectivity index (χ0v) is 18.8. The molecule has 1 aliphatic rings. The lowest BCUT2D eigenvalue weighted by molar-refractivity contribution is 0.0743. The van der Waals surface area contributed by atoms with Crippen LogP contribution in [0, 0.1) is 13.8 Å². The number of piperazine rings is 1. The number of pyridine rings is 1. The van der Waals surface area contributed by atoms with E-state index in [1.54, 1.807) is 6.20 Å². The number of hydrogen-bond donors (Lipinski definition) is 1. The van der Waals surface area contributed by atoms with Crippen LogP contribution in [0.1, 0.15) is 21.9 Å². The van der Waals surface area contributed by atoms with Crippen LogP contribution in [0.5, 0.6) is 0 Å². The van der Waals surface area contributed by atoms with Crippen LogP contribution in [0.3, 0.4) is 0 Å². The Hall–Kier alpha value is -4.00. The Labute approximate surface area is 193 Å². The fourth-order valence-electron chi connectivity index (χ4n) is 4.14. The van der Waals surface area contributed by atoms with Gasteiger partial charge in [0, 0.05) is 49.5 Å². The van der Waals surface area contributed by atoms with Crippen molar-refractivity contribution in [1.82, 2.24) is 19.9 Å². The van der Waals surface area contributed by atoms with Gasteiger partial charge >= 0.3 is 0 Å². The Kier molecular flexibility index (Phi) is 5.60. The Morgan fingerprint density at radius 1 is 0.909 bits per heavy atom. The Morgan fingerprint density at radius 2 is 1.67 bits per heavy atom. The molecule has 1 saturated heterocycles. The molecule has 3 heterocycles. The van der Waals surface area contributed by atoms with Crippen LogP contribution in [0.25, 0.3) is 10.8 Å². The Balaban J connectivity index is 1.29. The zero-order chi connectivity index (χ0) is 22.8. The third kappa shape index (κ3) is 4.48. The molecule has 2 aromatic carbocycles. The van der Waals surface area contributed by atoms with Gasteiger partial charge in [-0.25, -0.2) is 9.97 Å². The SMILES string of the molecule is Cc1ccc(Nc2cc(N3CCN(C(=O)c4nccc5ccccc45)CC3)nc(C)n2)cc1. The molecule has 2 aromatic heterocycles. The first-order valence-electron chi connectivity index (χ1n) is 11.1. The maximum atomic E-state index is 13.2. The summed E-state index contributed by atoms with van der Waals surface area (Å²) in [6.45, 7) is 6.61. The van der Waals surface area contributed by atoms with Gasteiger partial charge in [0.2, 0.25) is 0 Å². The third-order valence-corrected chi connectivity index (χ3v) is 5.92. The summed E-state index contributed by atoms with van der Waals surface area (Å²) in [5.41, 5.74) is 2.72. The smallest absolute Gasteiger partial charge is 0.273 e. The second kappa shape index (κ2) is 8.86. The maximum absolute atomic E-state index is 13.2. The van der Waals surface area contributed by atoms with Crippen molar-refractivity contribution >= 4 is 34.0 Å². The van der Waals surface area contributed by atoms with Crippen molar-refractivity contribution in [1.29, 1.82) is 0 Å². The molecule has 7 nitrogen and oxygen atoms in total. The van der Waals surface area contributed by atoms with E-state index in [2.05, 4.69) is 44.2 Å². The lowest BCUT2D eigenvalue weighted by Crippen LogP contribution is -2.49. The van der Waals surface area contributed by atoms with Crippen LogP contribution in [0.2, 0.25) is 0 Å². The normalized spacial score (nSPS) is 13.9. The number of fused-ring (bicyclic) bond motifs is 1. The highest BCUT2D eigenvalue weighted by molar-refractivity contribution is 6.05. The fourth-order valence-corrected chi connectivity index (χ4v) is 4.14. The van der Waals surface area contributed by atoms with Crippen LogP contribution in [-0.2, 0) is 0 Å². The second-order valence-corrected chi connectivity index (χ2v) is 8.31. The van der Waals surface area contributed by atoms with E-state index in [4.69, 9.17) is 0 Å². The van der Waals surface area contributed by atoms with Gasteiger partial charge in [0.15, 0.2) is 0 Å². The minimum Gasteiger partial charge on any atom is -0.353 e. The van der Waals surface area contributed by atoms with Gasteiger partial charge in [-0.15, -0.1) is 0 Å². The summed E-state index contributed by atoms with van der Waals surface area (Å²) in [5.74, 6) is 2.32. The number of carbonyl (C=O) groups is 1. The van der Waals surface area contributed by atoms with E-state index in [0.717, 1.165) is 28.1 Å². The quantitative estimate of drug-likeness (QED) is 0.511. The highest BCUT2D eigenvalue weighted by Gasteiger charge is 2.25. The summed E-state index contributed by atoms with van der Waals surface area (Å²) in [6, 6.07) is 20.0. The molecular formula is C26H26N6O. The van der Waals surface area contributed by atoms with Gasteiger partial charge in [0.25, 0.3) is 5.91 Å². The van der Waals surface area contributed by atoms with E-state index in [0.29, 0.717) is 37.7 Å². The number of carbonyl (C=O) groups excluding carboxylic acids is 1. The van der Waals surface area contributed by atoms with Crippen LogP contribution in [0.15, 0.2) is 66.9 Å². The van der Waals surface area contributed by atoms with E-state index >= 15 is 0 Å². The second-order valence-electron chi connectivity index (χ2n) is 8.31. The van der Waals surface area contributed by atoms with Gasteiger partial charge in [-0.1, -0.05) is 42.0 Å². The van der Waals surface area contributed by atoms with Crippen LogP contribution in [0.4, 0.5) is 17.3 Å². The van der Waals surface area contributed by atoms with Gasteiger partial charge in [-0.05, 0) is 37.4 Å². The molecule has 33 heavy (non-hydrogen) atoms. The summed E-state index contributed by atoms with van der Waals surface area (Å²) >= 11 is 0. The molecule has 1 fully saturated rings. The molecule has 4 aromatic rings. The molecule has 0 bridgehead atoms. The van der Waals surface area contributed by atoms with Crippen LogP contribution < -0.4 is 10.2 Å². The van der Waals surface area contributed by atoms with E-state index in [1.807, 2.05) is 60.4 Å². The first kappa shape index (κ1) is 20.9. The maximum Gasteiger partial charge on any atom is 0.273 e. The molecule has 0 atom stereocenters. The predicted molar refractivity (Wildman–Crippen MR) is 131 cm³/mol. The number of amides is 1. The van der Waals surface area contributed by atoms with Crippen molar-refractivity contribution < 1.29 is 4.79 Å². The molecule has 1 N–H and O–H groups in total. The Morgan fingerprint density at radius 3 is 2.45 bits per heavy atom. The predicted octanol–water partition coefficient (Wildman–Crippen LogP) is 4.35. The van der Waals surface area contributed by atoms with Crippen LogP contribution >= 0.6 is 0 Å². The van der Waals surface area contributed by atoms with Crippen molar-refractivity contribution in [2.24, 2.45) is 0 Å². The van der Waals surface area contributed by atoms with Gasteiger partial charge in [-0.2, -0.15) is 0 Å². The van der Waals surface area contributed by atoms with Gasteiger partial charge in [0.1, 0.15) is 23.2 Å². The molecule has 1 aliphatic heterocycles. The molecule has 0 spiro atoms. The molecule has 1 amide bonds. The minimum absolute atomic E-state index is 0.0213. The van der Waals surface area contributed by atoms with Gasteiger partial charge in [-0.3, -0.25) is 9.78 Å². The first-order chi connectivity index (χ1) is 16.1. The number of anilines is 3. The molecule has 0 aliphatic carbocycles. The standard InChI is InChI=1S/C26H26N6O/c1-18-7-9-21(10-8-18)30-23-17-24(29-19(2)28-23)31-13-15-32(16-14-31)26(33)25-22-6-4-3-5-20(22)11-12-27-25/h3-12,17H,13-16H2,1-2H3,(H,28,29,30). The largest absolute Gasteiger partial charge is 0.353 e. The number of aromatic nitrogens is 3. The number of benzene rings is 2. The average Bonchev–Trinajstić information content (AvgIpc) is 2.84. The highest BCUT2D eigenvalue weighted by atomic mass is 16.2. The van der Waals surface area contributed by atoms with Crippen molar-refractivity contribution in [3.63, 3.8) is 0 Å². The molecular weight excluding hydrogens is 412 g/mol. The molecule has 0 saturated carbocycles. The van der Waals surface area contributed by atoms with Crippen molar-refractivity contribution in [2.45, 2.75) is 13.8 Å². The van der Waals surface area contributed by atoms with Crippen molar-refractivity contribution in [3.8, 4) is 0 Å². The summed E-state index contributed by atoms with van der Waals surface area (Å²) in [6.07, 6.45) is 1.71. The number of rotatable bonds is 4. The Bertz CT molecular complexity index is 1290. The number of nitrogens with one attached hydrogen (secondary N) is 1. The van der Waals surface area contributed by atoms with E-state index in [1.165, 1.54) is 5.56 Å². The summed E-state index contributed by atoms with van der Waals surface area (Å²) in [4.78, 5) is 30.9. The van der Waals surface area contributed by atoms with Gasteiger partial charge < -0.3 is 15.1 Å². The number of hydrogen-bond acceptors (Lipinski definition) is 6. The van der Waals surface area contributed by atoms with Crippen molar-refractivity contribution in [2.75, 3.05) is 36.4 Å². The van der Waals surface area contributed by atoms with Crippen molar-refractivity contribution in [3.05, 3.63) is 83.9 Å². The highest BCUT2D eigenvalue weighted by Crippen LogP contribution is 2.23. The molecule has 0 unspecified atom stereocenters. The van der Waals surface area contributed by atoms with E-state index in [-0.39, 0.29) is 5.91 Å². The monoisotopic (exact) mass is 438 g/mol. The average molecular weight is 439 g/mol. The molecule has 0 radical (unpaired) electrons. The number of aryl methyl sites for hydroxylation is 2. The van der Waals surface area contributed by atoms with Crippen LogP contribution in [-0.4, -0.2) is 51.9 Å². The van der Waals surface area contributed by atoms with E-state index in [9.17, 15) is 4.79 Å². The zero-order valence-electron chi connectivity index (χ0n) is 18.8. The van der Waals surface area contributed by atoms with Gasteiger partial charge in [0.05, 0.1) is 0 Å². The van der Waals surface area contributed by atoms with E-state index < -0.39 is 0 Å². The molecule has 7 heteroatoms. The minimum atomic E-state index is -0.0213.